The van der Waals surface area contributed by atoms with Crippen molar-refractivity contribution in [2.24, 2.45) is 0 Å². The van der Waals surface area contributed by atoms with Gasteiger partial charge in [-0.15, -0.1) is 0 Å². The molecule has 1 aliphatic heterocycles. The van der Waals surface area contributed by atoms with Crippen molar-refractivity contribution in [3.8, 4) is 0 Å². The maximum absolute atomic E-state index is 12.3. The fourth-order valence-electron chi connectivity index (χ4n) is 2.40. The van der Waals surface area contributed by atoms with Gasteiger partial charge in [0.25, 0.3) is 0 Å². The molecule has 1 aromatic rings. The van der Waals surface area contributed by atoms with Crippen LogP contribution in [0, 0.1) is 0 Å². The summed E-state index contributed by atoms with van der Waals surface area (Å²) in [6.07, 6.45) is 1.03. The number of hydrogen-bond acceptors (Lipinski definition) is 5. The highest BCUT2D eigenvalue weighted by molar-refractivity contribution is 7.88. The molecule has 126 valence electrons. The molecule has 9 heteroatoms. The lowest BCUT2D eigenvalue weighted by atomic mass is 10.2. The van der Waals surface area contributed by atoms with E-state index < -0.39 is 28.1 Å². The maximum atomic E-state index is 12.3. The molecule has 0 aliphatic carbocycles. The van der Waals surface area contributed by atoms with Gasteiger partial charge in [-0.25, -0.2) is 13.2 Å². The van der Waals surface area contributed by atoms with E-state index in [9.17, 15) is 18.0 Å². The number of rotatable bonds is 3. The first-order chi connectivity index (χ1) is 10.8. The van der Waals surface area contributed by atoms with Crippen molar-refractivity contribution in [1.82, 2.24) is 9.21 Å². The van der Waals surface area contributed by atoms with E-state index in [-0.39, 0.29) is 19.6 Å². The first-order valence-corrected chi connectivity index (χ1v) is 8.83. The fourth-order valence-corrected chi connectivity index (χ4v) is 3.43. The first-order valence-electron chi connectivity index (χ1n) is 6.98. The molecule has 0 spiro atoms. The summed E-state index contributed by atoms with van der Waals surface area (Å²) in [5, 5.41) is 2.71. The number of carbonyl (C=O) groups excluding carboxylic acids is 2. The standard InChI is InChI=1S/C14H19N3O5S/c1-22-13(18)12-10-16(8-9-17(12)23(2,20)21)14(19)15-11-6-4-3-5-7-11/h3-7,12H,8-10H2,1-2H3,(H,15,19). The van der Waals surface area contributed by atoms with Crippen LogP contribution in [0.25, 0.3) is 0 Å². The number of nitrogens with zero attached hydrogens (tertiary/aromatic N) is 2. The van der Waals surface area contributed by atoms with Crippen molar-refractivity contribution in [2.75, 3.05) is 38.3 Å². The first kappa shape index (κ1) is 17.2. The Hall–Kier alpha value is -2.13. The molecule has 0 saturated carbocycles. The summed E-state index contributed by atoms with van der Waals surface area (Å²) in [7, 11) is -2.38. The van der Waals surface area contributed by atoms with Crippen molar-refractivity contribution < 1.29 is 22.7 Å². The van der Waals surface area contributed by atoms with Crippen LogP contribution in [0.3, 0.4) is 0 Å². The van der Waals surface area contributed by atoms with Crippen LogP contribution in [0.1, 0.15) is 0 Å². The van der Waals surface area contributed by atoms with Gasteiger partial charge in [0, 0.05) is 25.3 Å². The molecule has 1 fully saturated rings. The van der Waals surface area contributed by atoms with E-state index in [2.05, 4.69) is 10.1 Å². The average Bonchev–Trinajstić information content (AvgIpc) is 2.53. The van der Waals surface area contributed by atoms with Gasteiger partial charge in [0.05, 0.1) is 13.4 Å². The molecular weight excluding hydrogens is 322 g/mol. The summed E-state index contributed by atoms with van der Waals surface area (Å²) in [6.45, 7) is 0.179. The number of piperazine rings is 1. The molecule has 8 nitrogen and oxygen atoms in total. The third-order valence-electron chi connectivity index (χ3n) is 3.54. The Morgan fingerprint density at radius 3 is 2.43 bits per heavy atom. The highest BCUT2D eigenvalue weighted by Gasteiger charge is 2.39. The zero-order valence-electron chi connectivity index (χ0n) is 12.9. The SMILES string of the molecule is COC(=O)C1CN(C(=O)Nc2ccccc2)CCN1S(C)(=O)=O. The minimum Gasteiger partial charge on any atom is -0.468 e. The normalized spacial score (nSPS) is 19.2. The van der Waals surface area contributed by atoms with Crippen molar-refractivity contribution in [1.29, 1.82) is 0 Å². The lowest BCUT2D eigenvalue weighted by Crippen LogP contribution is -2.59. The van der Waals surface area contributed by atoms with Gasteiger partial charge in [-0.3, -0.25) is 4.79 Å². The van der Waals surface area contributed by atoms with Crippen LogP contribution in [-0.2, 0) is 19.6 Å². The molecule has 1 unspecified atom stereocenters. The summed E-state index contributed by atoms with van der Waals surface area (Å²) < 4.78 is 29.3. The Morgan fingerprint density at radius 2 is 1.87 bits per heavy atom. The quantitative estimate of drug-likeness (QED) is 0.800. The number of esters is 1. The van der Waals surface area contributed by atoms with Crippen LogP contribution in [-0.4, -0.2) is 68.7 Å². The summed E-state index contributed by atoms with van der Waals surface area (Å²) in [4.78, 5) is 25.5. The summed E-state index contributed by atoms with van der Waals surface area (Å²) in [5.41, 5.74) is 0.623. The van der Waals surface area contributed by atoms with Crippen LogP contribution in [0.4, 0.5) is 10.5 Å². The van der Waals surface area contributed by atoms with Gasteiger partial charge >= 0.3 is 12.0 Å². The van der Waals surface area contributed by atoms with E-state index >= 15 is 0 Å². The third kappa shape index (κ3) is 4.20. The number of methoxy groups -OCH3 is 1. The van der Waals surface area contributed by atoms with Gasteiger partial charge in [0.1, 0.15) is 6.04 Å². The number of carbonyl (C=O) groups is 2. The predicted molar refractivity (Wildman–Crippen MR) is 84.4 cm³/mol. The zero-order valence-corrected chi connectivity index (χ0v) is 13.7. The number of ether oxygens (including phenoxy) is 1. The summed E-state index contributed by atoms with van der Waals surface area (Å²) >= 11 is 0. The van der Waals surface area contributed by atoms with E-state index in [0.717, 1.165) is 10.6 Å². The Bertz CT molecular complexity index is 677. The molecule has 1 aliphatic rings. The summed E-state index contributed by atoms with van der Waals surface area (Å²) in [6, 6.07) is 7.45. The molecule has 1 heterocycles. The number of sulfonamides is 1. The lowest BCUT2D eigenvalue weighted by Gasteiger charge is -2.38. The maximum Gasteiger partial charge on any atom is 0.326 e. The minimum atomic E-state index is -3.56. The van der Waals surface area contributed by atoms with Crippen molar-refractivity contribution >= 4 is 27.7 Å². The van der Waals surface area contributed by atoms with Gasteiger partial charge in [0.15, 0.2) is 0 Å². The molecule has 0 bridgehead atoms. The number of amides is 2. The molecule has 1 N–H and O–H groups in total. The van der Waals surface area contributed by atoms with Crippen molar-refractivity contribution in [3.63, 3.8) is 0 Å². The molecule has 1 atom stereocenters. The van der Waals surface area contributed by atoms with Gasteiger partial charge in [-0.2, -0.15) is 4.31 Å². The monoisotopic (exact) mass is 341 g/mol. The second-order valence-electron chi connectivity index (χ2n) is 5.15. The van der Waals surface area contributed by atoms with Gasteiger partial charge in [-0.1, -0.05) is 18.2 Å². The number of urea groups is 1. The minimum absolute atomic E-state index is 0.0425. The Morgan fingerprint density at radius 1 is 1.22 bits per heavy atom. The second kappa shape index (κ2) is 6.97. The molecule has 0 aromatic heterocycles. The van der Waals surface area contributed by atoms with Crippen LogP contribution in [0.5, 0.6) is 0 Å². The Kier molecular flexibility index (Phi) is 5.22. The Balaban J connectivity index is 2.11. The van der Waals surface area contributed by atoms with E-state index in [1.54, 1.807) is 24.3 Å². The number of nitrogens with one attached hydrogen (secondary N) is 1. The Labute approximate surface area is 135 Å². The third-order valence-corrected chi connectivity index (χ3v) is 4.83. The number of hydrogen-bond donors (Lipinski definition) is 1. The largest absolute Gasteiger partial charge is 0.468 e. The molecule has 1 aromatic carbocycles. The number of anilines is 1. The van der Waals surface area contributed by atoms with Crippen LogP contribution < -0.4 is 5.32 Å². The summed E-state index contributed by atoms with van der Waals surface area (Å²) in [5.74, 6) is -0.687. The lowest BCUT2D eigenvalue weighted by molar-refractivity contribution is -0.146. The molecule has 0 radical (unpaired) electrons. The van der Waals surface area contributed by atoms with Crippen LogP contribution in [0.2, 0.25) is 0 Å². The van der Waals surface area contributed by atoms with E-state index in [0.29, 0.717) is 5.69 Å². The van der Waals surface area contributed by atoms with Gasteiger partial charge in [-0.05, 0) is 12.1 Å². The van der Waals surface area contributed by atoms with Gasteiger partial charge < -0.3 is 15.0 Å². The smallest absolute Gasteiger partial charge is 0.326 e. The van der Waals surface area contributed by atoms with Crippen molar-refractivity contribution in [2.45, 2.75) is 6.04 Å². The molecule has 1 saturated heterocycles. The topological polar surface area (TPSA) is 96.0 Å². The predicted octanol–water partition coefficient (Wildman–Crippen LogP) is 0.337. The second-order valence-corrected chi connectivity index (χ2v) is 7.09. The van der Waals surface area contributed by atoms with Crippen molar-refractivity contribution in [3.05, 3.63) is 30.3 Å². The molecular formula is C14H19N3O5S. The van der Waals surface area contributed by atoms with Crippen LogP contribution in [0.15, 0.2) is 30.3 Å². The van der Waals surface area contributed by atoms with Gasteiger partial charge in [0.2, 0.25) is 10.0 Å². The molecule has 23 heavy (non-hydrogen) atoms. The molecule has 2 amide bonds. The average molecular weight is 341 g/mol. The highest BCUT2D eigenvalue weighted by atomic mass is 32.2. The fraction of sp³-hybridized carbons (Fsp3) is 0.429. The zero-order chi connectivity index (χ0) is 17.0. The van der Waals surface area contributed by atoms with E-state index in [1.165, 1.54) is 12.0 Å². The number of benzene rings is 1. The molecule has 2 rings (SSSR count). The van der Waals surface area contributed by atoms with Crippen LogP contribution >= 0.6 is 0 Å². The van der Waals surface area contributed by atoms with E-state index in [1.807, 2.05) is 6.07 Å². The highest BCUT2D eigenvalue weighted by Crippen LogP contribution is 2.16. The van der Waals surface area contributed by atoms with E-state index in [4.69, 9.17) is 0 Å². The number of para-hydroxylation sites is 1.